The highest BCUT2D eigenvalue weighted by atomic mass is 16.5. The molecule has 0 atom stereocenters. The first kappa shape index (κ1) is 11.9. The van der Waals surface area contributed by atoms with Crippen molar-refractivity contribution in [3.63, 3.8) is 0 Å². The lowest BCUT2D eigenvalue weighted by atomic mass is 9.84. The molecule has 0 aliphatic carbocycles. The molecule has 84 valence electrons. The Morgan fingerprint density at radius 1 is 1.40 bits per heavy atom. The molecule has 0 spiro atoms. The molecular formula is C12H19NO2. The Kier molecular flexibility index (Phi) is 3.58. The van der Waals surface area contributed by atoms with E-state index in [9.17, 15) is 5.11 Å². The van der Waals surface area contributed by atoms with Crippen LogP contribution in [0.15, 0.2) is 18.2 Å². The molecule has 0 unspecified atom stereocenters. The number of phenolic OH excluding ortho intramolecular Hbond substituents is 1. The Morgan fingerprint density at radius 3 is 2.60 bits per heavy atom. The maximum atomic E-state index is 9.49. The first-order chi connectivity index (χ1) is 7.01. The van der Waals surface area contributed by atoms with Crippen LogP contribution in [-0.2, 0) is 5.41 Å². The minimum Gasteiger partial charge on any atom is -0.504 e. The lowest BCUT2D eigenvalue weighted by Crippen LogP contribution is -2.30. The summed E-state index contributed by atoms with van der Waals surface area (Å²) in [5.41, 5.74) is 1.17. The van der Waals surface area contributed by atoms with E-state index in [2.05, 4.69) is 19.2 Å². The van der Waals surface area contributed by atoms with Crippen LogP contribution in [-0.4, -0.2) is 25.8 Å². The van der Waals surface area contributed by atoms with Crippen LogP contribution in [0.4, 0.5) is 0 Å². The lowest BCUT2D eigenvalue weighted by Gasteiger charge is -2.25. The summed E-state index contributed by atoms with van der Waals surface area (Å²) in [6.07, 6.45) is 0. The molecule has 0 fully saturated rings. The van der Waals surface area contributed by atoms with E-state index in [0.717, 1.165) is 12.1 Å². The van der Waals surface area contributed by atoms with E-state index in [4.69, 9.17) is 4.74 Å². The van der Waals surface area contributed by atoms with Crippen LogP contribution in [0.5, 0.6) is 11.5 Å². The van der Waals surface area contributed by atoms with Crippen molar-refractivity contribution in [3.05, 3.63) is 23.8 Å². The predicted octanol–water partition coefficient (Wildman–Crippen LogP) is 1.90. The molecule has 0 saturated carbocycles. The van der Waals surface area contributed by atoms with Crippen LogP contribution in [0.1, 0.15) is 19.4 Å². The number of phenols is 1. The number of aromatic hydroxyl groups is 1. The second kappa shape index (κ2) is 4.53. The molecule has 2 N–H and O–H groups in total. The second-order valence-electron chi connectivity index (χ2n) is 4.30. The van der Waals surface area contributed by atoms with Crippen molar-refractivity contribution in [1.29, 1.82) is 0 Å². The number of methoxy groups -OCH3 is 1. The van der Waals surface area contributed by atoms with E-state index >= 15 is 0 Å². The zero-order chi connectivity index (χ0) is 11.5. The summed E-state index contributed by atoms with van der Waals surface area (Å²) in [6.45, 7) is 5.17. The van der Waals surface area contributed by atoms with Gasteiger partial charge in [-0.25, -0.2) is 0 Å². The molecule has 0 amide bonds. The summed E-state index contributed by atoms with van der Waals surface area (Å²) >= 11 is 0. The van der Waals surface area contributed by atoms with Gasteiger partial charge in [-0.2, -0.15) is 0 Å². The van der Waals surface area contributed by atoms with Gasteiger partial charge in [-0.15, -0.1) is 0 Å². The predicted molar refractivity (Wildman–Crippen MR) is 61.6 cm³/mol. The van der Waals surface area contributed by atoms with Gasteiger partial charge in [0.2, 0.25) is 0 Å². The van der Waals surface area contributed by atoms with Gasteiger partial charge in [0.1, 0.15) is 0 Å². The molecule has 0 aliphatic heterocycles. The molecule has 0 aliphatic rings. The van der Waals surface area contributed by atoms with Gasteiger partial charge >= 0.3 is 0 Å². The van der Waals surface area contributed by atoms with Crippen molar-refractivity contribution in [1.82, 2.24) is 5.32 Å². The number of hydrogen-bond donors (Lipinski definition) is 2. The van der Waals surface area contributed by atoms with Crippen LogP contribution in [0, 0.1) is 0 Å². The first-order valence-electron chi connectivity index (χ1n) is 5.03. The molecule has 15 heavy (non-hydrogen) atoms. The van der Waals surface area contributed by atoms with Crippen molar-refractivity contribution in [2.24, 2.45) is 0 Å². The largest absolute Gasteiger partial charge is 0.504 e. The summed E-state index contributed by atoms with van der Waals surface area (Å²) < 4.78 is 5.09. The smallest absolute Gasteiger partial charge is 0.160 e. The Balaban J connectivity index is 3.04. The number of hydrogen-bond acceptors (Lipinski definition) is 3. The fraction of sp³-hybridized carbons (Fsp3) is 0.500. The second-order valence-corrected chi connectivity index (χ2v) is 4.30. The van der Waals surface area contributed by atoms with Crippen molar-refractivity contribution in [3.8, 4) is 11.5 Å². The van der Waals surface area contributed by atoms with Gasteiger partial charge in [-0.1, -0.05) is 19.9 Å². The average molecular weight is 209 g/mol. The first-order valence-corrected chi connectivity index (χ1v) is 5.03. The van der Waals surface area contributed by atoms with Crippen molar-refractivity contribution in [2.75, 3.05) is 20.7 Å². The minimum atomic E-state index is 0.0235. The average Bonchev–Trinajstić information content (AvgIpc) is 2.18. The molecule has 1 aromatic carbocycles. The summed E-state index contributed by atoms with van der Waals surface area (Å²) in [5.74, 6) is 0.707. The number of benzene rings is 1. The normalized spacial score (nSPS) is 11.5. The van der Waals surface area contributed by atoms with E-state index in [1.165, 1.54) is 0 Å². The monoisotopic (exact) mass is 209 g/mol. The summed E-state index contributed by atoms with van der Waals surface area (Å²) in [4.78, 5) is 0. The highest BCUT2D eigenvalue weighted by molar-refractivity contribution is 5.44. The number of rotatable bonds is 4. The van der Waals surface area contributed by atoms with Gasteiger partial charge in [0.15, 0.2) is 11.5 Å². The Bertz CT molecular complexity index is 334. The summed E-state index contributed by atoms with van der Waals surface area (Å²) in [7, 11) is 3.49. The fourth-order valence-corrected chi connectivity index (χ4v) is 1.64. The molecule has 0 bridgehead atoms. The van der Waals surface area contributed by atoms with Crippen LogP contribution < -0.4 is 10.1 Å². The number of nitrogens with one attached hydrogen (secondary N) is 1. The molecular weight excluding hydrogens is 190 g/mol. The van der Waals surface area contributed by atoms with Gasteiger partial charge in [0.25, 0.3) is 0 Å². The highest BCUT2D eigenvalue weighted by Gasteiger charge is 2.20. The molecule has 1 rings (SSSR count). The maximum absolute atomic E-state index is 9.49. The molecule has 3 heteroatoms. The fourth-order valence-electron chi connectivity index (χ4n) is 1.64. The maximum Gasteiger partial charge on any atom is 0.160 e. The van der Waals surface area contributed by atoms with E-state index in [1.54, 1.807) is 13.2 Å². The van der Waals surface area contributed by atoms with Crippen LogP contribution >= 0.6 is 0 Å². The molecule has 0 radical (unpaired) electrons. The molecule has 1 aromatic rings. The molecule has 0 heterocycles. The van der Waals surface area contributed by atoms with Gasteiger partial charge in [-0.05, 0) is 24.7 Å². The minimum absolute atomic E-state index is 0.0235. The zero-order valence-corrected chi connectivity index (χ0v) is 9.79. The van der Waals surface area contributed by atoms with Crippen LogP contribution in [0.25, 0.3) is 0 Å². The summed E-state index contributed by atoms with van der Waals surface area (Å²) in [6, 6.07) is 5.48. The van der Waals surface area contributed by atoms with Gasteiger partial charge in [0.05, 0.1) is 7.11 Å². The quantitative estimate of drug-likeness (QED) is 0.795. The van der Waals surface area contributed by atoms with Crippen molar-refractivity contribution < 1.29 is 9.84 Å². The van der Waals surface area contributed by atoms with Gasteiger partial charge in [0, 0.05) is 12.0 Å². The Labute approximate surface area is 91.1 Å². The summed E-state index contributed by atoms with van der Waals surface area (Å²) in [5, 5.41) is 12.6. The Hall–Kier alpha value is -1.22. The third-order valence-corrected chi connectivity index (χ3v) is 2.58. The van der Waals surface area contributed by atoms with Gasteiger partial charge in [-0.3, -0.25) is 0 Å². The van der Waals surface area contributed by atoms with Gasteiger partial charge < -0.3 is 15.2 Å². The van der Waals surface area contributed by atoms with Crippen LogP contribution in [0.2, 0.25) is 0 Å². The van der Waals surface area contributed by atoms with Crippen LogP contribution in [0.3, 0.4) is 0 Å². The SMILES string of the molecule is CNCC(C)(C)c1ccc(O)c(OC)c1. The van der Waals surface area contributed by atoms with E-state index < -0.39 is 0 Å². The third kappa shape index (κ3) is 2.63. The number of ether oxygens (including phenoxy) is 1. The third-order valence-electron chi connectivity index (χ3n) is 2.58. The van der Waals surface area contributed by atoms with Crippen molar-refractivity contribution in [2.45, 2.75) is 19.3 Å². The molecule has 0 aromatic heterocycles. The zero-order valence-electron chi connectivity index (χ0n) is 9.79. The Morgan fingerprint density at radius 2 is 2.07 bits per heavy atom. The highest BCUT2D eigenvalue weighted by Crippen LogP contribution is 2.31. The molecule has 3 nitrogen and oxygen atoms in total. The van der Waals surface area contributed by atoms with E-state index in [0.29, 0.717) is 5.75 Å². The molecule has 0 saturated heterocycles. The standard InChI is InChI=1S/C12H19NO2/c1-12(2,8-13-3)9-5-6-10(14)11(7-9)15-4/h5-7,13-14H,8H2,1-4H3. The van der Waals surface area contributed by atoms with Crippen molar-refractivity contribution >= 4 is 0 Å². The topological polar surface area (TPSA) is 41.5 Å². The van der Waals surface area contributed by atoms with E-state index in [-0.39, 0.29) is 11.2 Å². The number of likely N-dealkylation sites (N-methyl/N-ethyl adjacent to an activating group) is 1. The lowest BCUT2D eigenvalue weighted by molar-refractivity contribution is 0.371. The van der Waals surface area contributed by atoms with E-state index in [1.807, 2.05) is 19.2 Å².